The first kappa shape index (κ1) is 29.5. The van der Waals surface area contributed by atoms with Crippen molar-refractivity contribution in [2.45, 2.75) is 38.6 Å². The second kappa shape index (κ2) is 13.3. The summed E-state index contributed by atoms with van der Waals surface area (Å²) in [7, 11) is 1.68. The number of aromatic nitrogens is 1. The molecule has 6 rings (SSSR count). The molecule has 2 aromatic carbocycles. The van der Waals surface area contributed by atoms with Gasteiger partial charge in [-0.1, -0.05) is 30.3 Å². The predicted octanol–water partition coefficient (Wildman–Crippen LogP) is 4.70. The number of para-hydroxylation sites is 2. The molecule has 3 saturated heterocycles. The fourth-order valence-corrected chi connectivity index (χ4v) is 7.12. The largest absolute Gasteiger partial charge is 0.496 e. The molecule has 8 nitrogen and oxygen atoms in total. The molecule has 0 radical (unpaired) electrons. The smallest absolute Gasteiger partial charge is 0.257 e. The minimum absolute atomic E-state index is 0.0578. The maximum absolute atomic E-state index is 14.1. The first-order valence-corrected chi connectivity index (χ1v) is 15.9. The molecule has 1 aromatic heterocycles. The van der Waals surface area contributed by atoms with Crippen molar-refractivity contribution in [2.24, 2.45) is 5.92 Å². The maximum atomic E-state index is 14.1. The van der Waals surface area contributed by atoms with Crippen LogP contribution in [0.25, 0.3) is 11.3 Å². The third-order valence-corrected chi connectivity index (χ3v) is 9.60. The summed E-state index contributed by atoms with van der Waals surface area (Å²) in [5, 5.41) is 9.74. The van der Waals surface area contributed by atoms with Crippen molar-refractivity contribution in [3.8, 4) is 17.0 Å². The van der Waals surface area contributed by atoms with Crippen molar-refractivity contribution < 1.29 is 14.6 Å². The van der Waals surface area contributed by atoms with Gasteiger partial charge in [0, 0.05) is 69.7 Å². The third-order valence-electron chi connectivity index (χ3n) is 9.60. The number of benzene rings is 2. The van der Waals surface area contributed by atoms with Gasteiger partial charge in [-0.2, -0.15) is 0 Å². The lowest BCUT2D eigenvalue weighted by Gasteiger charge is -2.43. The fourth-order valence-electron chi connectivity index (χ4n) is 7.12. The van der Waals surface area contributed by atoms with Gasteiger partial charge >= 0.3 is 0 Å². The second-order valence-corrected chi connectivity index (χ2v) is 12.2. The number of amides is 1. The van der Waals surface area contributed by atoms with Gasteiger partial charge < -0.3 is 24.5 Å². The van der Waals surface area contributed by atoms with E-state index in [-0.39, 0.29) is 12.5 Å². The number of piperidine rings is 2. The Bertz CT molecular complexity index is 1400. The van der Waals surface area contributed by atoms with Crippen LogP contribution in [0.2, 0.25) is 0 Å². The number of rotatable bonds is 7. The molecular weight excluding hydrogens is 538 g/mol. The molecule has 3 aromatic rings. The number of aryl methyl sites for hydroxylation is 1. The number of carbonyl (C=O) groups excluding carboxylic acids is 1. The van der Waals surface area contributed by atoms with E-state index in [9.17, 15) is 9.90 Å². The van der Waals surface area contributed by atoms with Crippen LogP contribution in [-0.4, -0.2) is 97.9 Å². The van der Waals surface area contributed by atoms with Gasteiger partial charge in [0.25, 0.3) is 5.91 Å². The van der Waals surface area contributed by atoms with Crippen LogP contribution in [0.4, 0.5) is 11.5 Å². The molecule has 43 heavy (non-hydrogen) atoms. The van der Waals surface area contributed by atoms with Crippen molar-refractivity contribution in [3.63, 3.8) is 0 Å². The lowest BCUT2D eigenvalue weighted by molar-refractivity contribution is 0.0744. The molecule has 0 aliphatic carbocycles. The monoisotopic (exact) mass is 583 g/mol. The Kier molecular flexibility index (Phi) is 9.14. The number of piperazine rings is 1. The molecule has 3 aliphatic rings. The van der Waals surface area contributed by atoms with Gasteiger partial charge in [-0.05, 0) is 81.0 Å². The van der Waals surface area contributed by atoms with Crippen LogP contribution in [0.5, 0.6) is 5.75 Å². The van der Waals surface area contributed by atoms with E-state index in [1.54, 1.807) is 7.11 Å². The van der Waals surface area contributed by atoms with Gasteiger partial charge in [-0.3, -0.25) is 9.69 Å². The van der Waals surface area contributed by atoms with Crippen LogP contribution >= 0.6 is 0 Å². The summed E-state index contributed by atoms with van der Waals surface area (Å²) >= 11 is 0. The molecule has 228 valence electrons. The van der Waals surface area contributed by atoms with Crippen molar-refractivity contribution in [3.05, 3.63) is 71.8 Å². The summed E-state index contributed by atoms with van der Waals surface area (Å²) < 4.78 is 5.66. The summed E-state index contributed by atoms with van der Waals surface area (Å²) in [5.74, 6) is 2.00. The summed E-state index contributed by atoms with van der Waals surface area (Å²) in [6.45, 7) is 9.23. The minimum atomic E-state index is 0.0578. The number of pyridine rings is 1. The number of anilines is 2. The average molecular weight is 584 g/mol. The van der Waals surface area contributed by atoms with E-state index >= 15 is 0 Å². The number of hydrogen-bond donors (Lipinski definition) is 1. The van der Waals surface area contributed by atoms with Crippen LogP contribution in [-0.2, 0) is 0 Å². The molecule has 3 aliphatic heterocycles. The molecular formula is C35H45N5O3. The number of likely N-dealkylation sites (tertiary alicyclic amines) is 1. The summed E-state index contributed by atoms with van der Waals surface area (Å²) in [6, 6.07) is 20.9. The SMILES string of the molecule is COc1ccccc1-c1ccc(C(=O)N2CCN(c3ccccc3C)CC2)c(N2CCC(N3CCC[C@@H](CO)C3)CC2)n1. The highest BCUT2D eigenvalue weighted by Crippen LogP contribution is 2.34. The lowest BCUT2D eigenvalue weighted by atomic mass is 9.94. The number of methoxy groups -OCH3 is 1. The summed E-state index contributed by atoms with van der Waals surface area (Å²) in [6.07, 6.45) is 4.34. The second-order valence-electron chi connectivity index (χ2n) is 12.2. The Morgan fingerprint density at radius 2 is 1.63 bits per heavy atom. The van der Waals surface area contributed by atoms with Gasteiger partial charge in [0.05, 0.1) is 18.4 Å². The molecule has 3 fully saturated rings. The topological polar surface area (TPSA) is 72.4 Å². The quantitative estimate of drug-likeness (QED) is 0.432. The van der Waals surface area contributed by atoms with Gasteiger partial charge in [0.15, 0.2) is 0 Å². The Balaban J connectivity index is 1.23. The van der Waals surface area contributed by atoms with Crippen LogP contribution < -0.4 is 14.5 Å². The van der Waals surface area contributed by atoms with Gasteiger partial charge in [0.2, 0.25) is 0 Å². The zero-order chi connectivity index (χ0) is 29.8. The highest BCUT2D eigenvalue weighted by molar-refractivity contribution is 5.99. The van der Waals surface area contributed by atoms with Crippen molar-refractivity contribution in [1.82, 2.24) is 14.8 Å². The van der Waals surface area contributed by atoms with Crippen molar-refractivity contribution >= 4 is 17.4 Å². The first-order valence-electron chi connectivity index (χ1n) is 15.9. The van der Waals surface area contributed by atoms with Crippen molar-refractivity contribution in [1.29, 1.82) is 0 Å². The zero-order valence-corrected chi connectivity index (χ0v) is 25.6. The molecule has 1 amide bonds. The number of aliphatic hydroxyl groups excluding tert-OH is 1. The average Bonchev–Trinajstić information content (AvgIpc) is 3.08. The van der Waals surface area contributed by atoms with E-state index in [0.29, 0.717) is 30.6 Å². The van der Waals surface area contributed by atoms with E-state index in [2.05, 4.69) is 45.9 Å². The van der Waals surface area contributed by atoms with Gasteiger partial charge in [-0.15, -0.1) is 0 Å². The molecule has 4 heterocycles. The van der Waals surface area contributed by atoms with Crippen molar-refractivity contribution in [2.75, 3.05) is 75.9 Å². The maximum Gasteiger partial charge on any atom is 0.257 e. The van der Waals surface area contributed by atoms with Crippen LogP contribution in [0, 0.1) is 12.8 Å². The molecule has 1 N–H and O–H groups in total. The Morgan fingerprint density at radius 1 is 0.884 bits per heavy atom. The molecule has 0 spiro atoms. The third kappa shape index (κ3) is 6.36. The zero-order valence-electron chi connectivity index (χ0n) is 25.6. The van der Waals surface area contributed by atoms with E-state index in [1.165, 1.54) is 11.3 Å². The standard InChI is InChI=1S/C35H45N5O3/c1-26-8-3-5-11-32(26)37-20-22-39(23-21-37)35(42)30-13-14-31(29-10-4-6-12-33(29)43-2)36-34(30)38-18-15-28(16-19-38)40-17-7-9-27(24-40)25-41/h3-6,8,10-14,27-28,41H,7,9,15-25H2,1-2H3/t27-/m1/s1. The summed E-state index contributed by atoms with van der Waals surface area (Å²) in [4.78, 5) is 28.6. The molecule has 0 unspecified atom stereocenters. The Morgan fingerprint density at radius 3 is 2.37 bits per heavy atom. The van der Waals surface area contributed by atoms with Gasteiger partial charge in [-0.25, -0.2) is 4.98 Å². The molecule has 8 heteroatoms. The van der Waals surface area contributed by atoms with E-state index in [1.807, 2.05) is 41.3 Å². The minimum Gasteiger partial charge on any atom is -0.496 e. The Labute approximate surface area is 255 Å². The highest BCUT2D eigenvalue weighted by Gasteiger charge is 2.32. The number of aliphatic hydroxyl groups is 1. The molecule has 1 atom stereocenters. The lowest BCUT2D eigenvalue weighted by Crippen LogP contribution is -2.50. The van der Waals surface area contributed by atoms with Crippen LogP contribution in [0.3, 0.4) is 0 Å². The fraction of sp³-hybridized carbons (Fsp3) is 0.486. The normalized spacial score (nSPS) is 20.3. The Hall–Kier alpha value is -3.62. The van der Waals surface area contributed by atoms with E-state index in [0.717, 1.165) is 87.8 Å². The summed E-state index contributed by atoms with van der Waals surface area (Å²) in [5.41, 5.74) is 4.94. The predicted molar refractivity (Wildman–Crippen MR) is 172 cm³/mol. The highest BCUT2D eigenvalue weighted by atomic mass is 16.5. The number of hydrogen-bond acceptors (Lipinski definition) is 7. The van der Waals surface area contributed by atoms with Gasteiger partial charge in [0.1, 0.15) is 11.6 Å². The van der Waals surface area contributed by atoms with Crippen LogP contribution in [0.1, 0.15) is 41.6 Å². The van der Waals surface area contributed by atoms with E-state index < -0.39 is 0 Å². The van der Waals surface area contributed by atoms with E-state index in [4.69, 9.17) is 9.72 Å². The van der Waals surface area contributed by atoms with Crippen LogP contribution in [0.15, 0.2) is 60.7 Å². The first-order chi connectivity index (χ1) is 21.1. The number of nitrogens with zero attached hydrogens (tertiary/aromatic N) is 5. The molecule has 0 saturated carbocycles. The number of carbonyl (C=O) groups is 1. The number of ether oxygens (including phenoxy) is 1. The molecule has 0 bridgehead atoms.